The summed E-state index contributed by atoms with van der Waals surface area (Å²) in [7, 11) is 1.58. The molecule has 2 aliphatic rings. The number of nitrogens with zero attached hydrogens (tertiary/aromatic N) is 5. The number of benzene rings is 1. The largest absolute Gasteiger partial charge is 0.495 e. The van der Waals surface area contributed by atoms with Gasteiger partial charge in [-0.15, -0.1) is 5.10 Å². The molecule has 35 heavy (non-hydrogen) atoms. The highest BCUT2D eigenvalue weighted by Gasteiger charge is 2.38. The van der Waals surface area contributed by atoms with Gasteiger partial charge >= 0.3 is 6.18 Å². The molecule has 1 amide bonds. The molecule has 1 aliphatic heterocycles. The van der Waals surface area contributed by atoms with E-state index >= 15 is 0 Å². The van der Waals surface area contributed by atoms with Gasteiger partial charge in [-0.05, 0) is 31.9 Å². The van der Waals surface area contributed by atoms with Crippen LogP contribution >= 0.6 is 0 Å². The third-order valence-electron chi connectivity index (χ3n) is 6.35. The van der Waals surface area contributed by atoms with E-state index < -0.39 is 29.8 Å². The quantitative estimate of drug-likeness (QED) is 0.606. The fraction of sp³-hybridized carbons (Fsp3) is 0.333. The first kappa shape index (κ1) is 22.9. The van der Waals surface area contributed by atoms with Gasteiger partial charge in [0, 0.05) is 17.7 Å². The molecule has 11 heteroatoms. The van der Waals surface area contributed by atoms with Crippen molar-refractivity contribution in [3.63, 3.8) is 0 Å². The molecule has 5 rings (SSSR count). The molecule has 3 unspecified atom stereocenters. The minimum atomic E-state index is -4.41. The number of imidazole rings is 1. The number of carbonyl (C=O) groups is 1. The van der Waals surface area contributed by atoms with Gasteiger partial charge in [0.15, 0.2) is 0 Å². The molecular weight excluding hydrogens is 461 g/mol. The number of ether oxygens (including phenoxy) is 1. The molecule has 182 valence electrons. The number of methoxy groups -OCH3 is 1. The van der Waals surface area contributed by atoms with Crippen LogP contribution < -0.4 is 10.1 Å². The Morgan fingerprint density at radius 1 is 1.20 bits per heavy atom. The lowest BCUT2D eigenvalue weighted by atomic mass is 9.88. The van der Waals surface area contributed by atoms with Crippen molar-refractivity contribution in [2.24, 2.45) is 5.92 Å². The van der Waals surface area contributed by atoms with Crippen LogP contribution in [-0.4, -0.2) is 49.8 Å². The van der Waals surface area contributed by atoms with Gasteiger partial charge in [-0.1, -0.05) is 29.5 Å². The summed E-state index contributed by atoms with van der Waals surface area (Å²) in [4.78, 5) is 17.1. The minimum Gasteiger partial charge on any atom is -0.495 e. The van der Waals surface area contributed by atoms with Gasteiger partial charge in [0.2, 0.25) is 5.91 Å². The maximum atomic E-state index is 13.1. The number of aromatic nitrogens is 5. The van der Waals surface area contributed by atoms with E-state index in [0.29, 0.717) is 24.3 Å². The van der Waals surface area contributed by atoms with Crippen LogP contribution in [0.5, 0.6) is 5.75 Å². The number of allylic oxidation sites excluding steroid dienone is 2. The van der Waals surface area contributed by atoms with E-state index in [4.69, 9.17) is 4.74 Å². The molecule has 2 aromatic heterocycles. The van der Waals surface area contributed by atoms with Crippen LogP contribution in [0.4, 0.5) is 13.2 Å². The van der Waals surface area contributed by atoms with Crippen LogP contribution in [0.3, 0.4) is 0 Å². The number of rotatable bonds is 4. The van der Waals surface area contributed by atoms with Gasteiger partial charge in [-0.25, -0.2) is 9.67 Å². The second-order valence-corrected chi connectivity index (χ2v) is 8.66. The molecule has 1 aromatic carbocycles. The number of carbonyl (C=O) groups excluding carboxylic acids is 1. The summed E-state index contributed by atoms with van der Waals surface area (Å²) >= 11 is 0. The zero-order valence-electron chi connectivity index (χ0n) is 19.0. The molecule has 3 atom stereocenters. The third kappa shape index (κ3) is 4.45. The Kier molecular flexibility index (Phi) is 5.70. The van der Waals surface area contributed by atoms with Gasteiger partial charge in [0.25, 0.3) is 0 Å². The molecule has 3 aromatic rings. The lowest BCUT2D eigenvalue weighted by Crippen LogP contribution is -2.40. The van der Waals surface area contributed by atoms with Crippen LogP contribution in [0.15, 0.2) is 60.7 Å². The SMILES string of the molecule is COc1cc(-c2cn(C3CCC4C=C(C(F)(F)F)C=CC4NC3=O)nn2)ccc1-n1cnc(C)c1. The Balaban J connectivity index is 1.37. The molecule has 0 bridgehead atoms. The Hall–Kier alpha value is -3.89. The van der Waals surface area contributed by atoms with Gasteiger partial charge in [0.1, 0.15) is 17.5 Å². The summed E-state index contributed by atoms with van der Waals surface area (Å²) in [6.07, 6.45) is 5.23. The van der Waals surface area contributed by atoms with Gasteiger partial charge in [0.05, 0.1) is 42.6 Å². The van der Waals surface area contributed by atoms with E-state index in [1.54, 1.807) is 19.6 Å². The first-order valence-electron chi connectivity index (χ1n) is 11.1. The summed E-state index contributed by atoms with van der Waals surface area (Å²) < 4.78 is 48.2. The summed E-state index contributed by atoms with van der Waals surface area (Å²) in [5.74, 6) is -0.118. The molecule has 1 N–H and O–H groups in total. The second-order valence-electron chi connectivity index (χ2n) is 8.66. The van der Waals surface area contributed by atoms with Crippen LogP contribution in [-0.2, 0) is 4.79 Å². The number of alkyl halides is 3. The van der Waals surface area contributed by atoms with Crippen molar-refractivity contribution in [3.05, 3.63) is 66.4 Å². The topological polar surface area (TPSA) is 86.9 Å². The Morgan fingerprint density at radius 2 is 2.03 bits per heavy atom. The average Bonchev–Trinajstić information content (AvgIpc) is 3.45. The van der Waals surface area contributed by atoms with E-state index in [1.807, 2.05) is 35.9 Å². The number of nitrogens with one attached hydrogen (secondary N) is 1. The first-order valence-corrected chi connectivity index (χ1v) is 11.1. The zero-order chi connectivity index (χ0) is 24.7. The normalized spacial score (nSPS) is 22.3. The fourth-order valence-electron chi connectivity index (χ4n) is 4.51. The highest BCUT2D eigenvalue weighted by molar-refractivity contribution is 5.81. The summed E-state index contributed by atoms with van der Waals surface area (Å²) in [6.45, 7) is 1.90. The predicted molar refractivity (Wildman–Crippen MR) is 121 cm³/mol. The summed E-state index contributed by atoms with van der Waals surface area (Å²) in [5.41, 5.74) is 2.30. The molecule has 8 nitrogen and oxygen atoms in total. The van der Waals surface area contributed by atoms with Crippen LogP contribution in [0.25, 0.3) is 16.9 Å². The van der Waals surface area contributed by atoms with E-state index in [9.17, 15) is 18.0 Å². The monoisotopic (exact) mass is 484 g/mol. The third-order valence-corrected chi connectivity index (χ3v) is 6.35. The number of amides is 1. The van der Waals surface area contributed by atoms with Crippen molar-refractivity contribution < 1.29 is 22.7 Å². The maximum Gasteiger partial charge on any atom is 0.416 e. The minimum absolute atomic E-state index is 0.300. The van der Waals surface area contributed by atoms with Crippen LogP contribution in [0, 0.1) is 12.8 Å². The predicted octanol–water partition coefficient (Wildman–Crippen LogP) is 3.94. The van der Waals surface area contributed by atoms with Crippen molar-refractivity contribution in [2.45, 2.75) is 38.0 Å². The number of hydrogen-bond donors (Lipinski definition) is 1. The Morgan fingerprint density at radius 3 is 2.74 bits per heavy atom. The Bertz CT molecular complexity index is 1320. The van der Waals surface area contributed by atoms with Gasteiger partial charge in [-0.2, -0.15) is 13.2 Å². The van der Waals surface area contributed by atoms with Crippen molar-refractivity contribution >= 4 is 5.91 Å². The highest BCUT2D eigenvalue weighted by atomic mass is 19.4. The molecule has 1 saturated heterocycles. The summed E-state index contributed by atoms with van der Waals surface area (Å²) in [6, 6.07) is 4.43. The zero-order valence-corrected chi connectivity index (χ0v) is 19.0. The van der Waals surface area contributed by atoms with Crippen molar-refractivity contribution in [1.29, 1.82) is 0 Å². The molecule has 3 heterocycles. The average molecular weight is 484 g/mol. The maximum absolute atomic E-state index is 13.1. The number of halogens is 3. The van der Waals surface area contributed by atoms with Gasteiger partial charge in [-0.3, -0.25) is 4.79 Å². The van der Waals surface area contributed by atoms with Crippen molar-refractivity contribution in [1.82, 2.24) is 29.9 Å². The van der Waals surface area contributed by atoms with E-state index in [2.05, 4.69) is 20.6 Å². The molecule has 0 radical (unpaired) electrons. The van der Waals surface area contributed by atoms with Crippen molar-refractivity contribution in [3.8, 4) is 22.7 Å². The number of hydrogen-bond acceptors (Lipinski definition) is 5. The number of aryl methyl sites for hydroxylation is 1. The lowest BCUT2D eigenvalue weighted by Gasteiger charge is -2.25. The number of fused-ring (bicyclic) bond motifs is 1. The van der Waals surface area contributed by atoms with E-state index in [0.717, 1.165) is 23.0 Å². The lowest BCUT2D eigenvalue weighted by molar-refractivity contribution is -0.124. The van der Waals surface area contributed by atoms with Gasteiger partial charge < -0.3 is 14.6 Å². The molecule has 1 aliphatic carbocycles. The van der Waals surface area contributed by atoms with Crippen LogP contribution in [0.1, 0.15) is 24.6 Å². The fourth-order valence-corrected chi connectivity index (χ4v) is 4.51. The standard InChI is InChI=1S/C24H23F3N6O2/c1-14-11-32(13-28-14)20-7-3-16(10-22(20)35-2)19-12-33(31-30-19)21-8-4-15-9-17(24(25,26)27)5-6-18(15)29-23(21)34/h3,5-7,9-13,15,18,21H,4,8H2,1-2H3,(H,29,34). The van der Waals surface area contributed by atoms with Crippen LogP contribution in [0.2, 0.25) is 0 Å². The second kappa shape index (κ2) is 8.71. The molecule has 1 fully saturated rings. The van der Waals surface area contributed by atoms with E-state index in [1.165, 1.54) is 16.8 Å². The van der Waals surface area contributed by atoms with Crippen molar-refractivity contribution in [2.75, 3.05) is 7.11 Å². The Labute approximate surface area is 199 Å². The first-order chi connectivity index (χ1) is 16.7. The molecule has 0 spiro atoms. The smallest absolute Gasteiger partial charge is 0.416 e. The van der Waals surface area contributed by atoms with E-state index in [-0.39, 0.29) is 5.91 Å². The molecular formula is C24H23F3N6O2. The molecule has 0 saturated carbocycles. The highest BCUT2D eigenvalue weighted by Crippen LogP contribution is 2.36. The summed E-state index contributed by atoms with van der Waals surface area (Å²) in [5, 5.41) is 11.2.